The normalized spacial score (nSPS) is 10.3. The number of nitrogens with zero attached hydrogens (tertiary/aromatic N) is 2. The molecule has 2 amide bonds. The van der Waals surface area contributed by atoms with E-state index in [1.807, 2.05) is 26.0 Å². The molecule has 2 aromatic carbocycles. The molecule has 3 aromatic rings. The van der Waals surface area contributed by atoms with Gasteiger partial charge in [0.15, 0.2) is 0 Å². The van der Waals surface area contributed by atoms with Crippen molar-refractivity contribution in [1.82, 2.24) is 9.97 Å². The molecule has 3 rings (SSSR count). The van der Waals surface area contributed by atoms with Crippen molar-refractivity contribution in [2.24, 2.45) is 0 Å². The minimum Gasteiger partial charge on any atom is -0.340 e. The molecule has 29 heavy (non-hydrogen) atoms. The van der Waals surface area contributed by atoms with Crippen LogP contribution >= 0.6 is 0 Å². The first-order valence-corrected chi connectivity index (χ1v) is 9.18. The summed E-state index contributed by atoms with van der Waals surface area (Å²) in [4.78, 5) is 32.4. The number of aromatic nitrogens is 2. The molecule has 0 bridgehead atoms. The third-order valence-corrected chi connectivity index (χ3v) is 4.03. The highest BCUT2D eigenvalue weighted by atomic mass is 16.2. The number of anilines is 4. The molecule has 0 saturated carbocycles. The highest BCUT2D eigenvalue weighted by Crippen LogP contribution is 2.20. The van der Waals surface area contributed by atoms with Gasteiger partial charge in [0, 0.05) is 30.1 Å². The van der Waals surface area contributed by atoms with Crippen molar-refractivity contribution >= 4 is 34.7 Å². The van der Waals surface area contributed by atoms with Crippen molar-refractivity contribution < 1.29 is 9.59 Å². The number of rotatable bonds is 5. The van der Waals surface area contributed by atoms with Crippen LogP contribution in [0.3, 0.4) is 0 Å². The predicted octanol–water partition coefficient (Wildman–Crippen LogP) is 4.36. The lowest BCUT2D eigenvalue weighted by Crippen LogP contribution is -2.15. The Kier molecular flexibility index (Phi) is 5.87. The van der Waals surface area contributed by atoms with E-state index in [-0.39, 0.29) is 17.5 Å². The second-order valence-electron chi connectivity index (χ2n) is 6.90. The van der Waals surface area contributed by atoms with Crippen LogP contribution in [-0.4, -0.2) is 21.8 Å². The fourth-order valence-electron chi connectivity index (χ4n) is 2.98. The lowest BCUT2D eigenvalue weighted by atomic mass is 10.1. The van der Waals surface area contributed by atoms with Crippen molar-refractivity contribution in [2.45, 2.75) is 27.7 Å². The van der Waals surface area contributed by atoms with Crippen LogP contribution in [0.25, 0.3) is 0 Å². The lowest BCUT2D eigenvalue weighted by Gasteiger charge is -2.11. The maximum atomic E-state index is 12.6. The average Bonchev–Trinajstić information content (AvgIpc) is 2.61. The van der Waals surface area contributed by atoms with Gasteiger partial charge in [0.25, 0.3) is 5.91 Å². The third-order valence-electron chi connectivity index (χ3n) is 4.03. The van der Waals surface area contributed by atoms with Gasteiger partial charge in [0.1, 0.15) is 17.3 Å². The largest absolute Gasteiger partial charge is 0.340 e. The first-order chi connectivity index (χ1) is 13.8. The molecule has 7 heteroatoms. The summed E-state index contributed by atoms with van der Waals surface area (Å²) in [6.45, 7) is 7.24. The van der Waals surface area contributed by atoms with E-state index < -0.39 is 0 Å². The van der Waals surface area contributed by atoms with E-state index in [1.165, 1.54) is 6.92 Å². The first kappa shape index (κ1) is 20.0. The van der Waals surface area contributed by atoms with Gasteiger partial charge in [0.2, 0.25) is 5.91 Å². The van der Waals surface area contributed by atoms with Crippen LogP contribution in [0.4, 0.5) is 22.9 Å². The molecule has 0 aliphatic rings. The quantitative estimate of drug-likeness (QED) is 0.603. The summed E-state index contributed by atoms with van der Waals surface area (Å²) in [6.07, 6.45) is 0. The molecule has 0 spiro atoms. The van der Waals surface area contributed by atoms with E-state index in [4.69, 9.17) is 0 Å². The van der Waals surface area contributed by atoms with Crippen LogP contribution in [0.5, 0.6) is 0 Å². The zero-order chi connectivity index (χ0) is 21.0. The molecule has 1 heterocycles. The molecular weight excluding hydrogens is 366 g/mol. The predicted molar refractivity (Wildman–Crippen MR) is 115 cm³/mol. The van der Waals surface area contributed by atoms with Gasteiger partial charge in [-0.2, -0.15) is 0 Å². The molecule has 7 nitrogen and oxygen atoms in total. The number of amides is 2. The Balaban J connectivity index is 1.76. The Labute approximate surface area is 169 Å². The van der Waals surface area contributed by atoms with Crippen molar-refractivity contribution in [2.75, 3.05) is 16.0 Å². The Hall–Kier alpha value is -3.74. The smallest absolute Gasteiger partial charge is 0.274 e. The summed E-state index contributed by atoms with van der Waals surface area (Å²) >= 11 is 0. The van der Waals surface area contributed by atoms with Gasteiger partial charge in [0.05, 0.1) is 0 Å². The Bertz CT molecular complexity index is 1040. The van der Waals surface area contributed by atoms with E-state index in [9.17, 15) is 9.59 Å². The maximum Gasteiger partial charge on any atom is 0.274 e. The summed E-state index contributed by atoms with van der Waals surface area (Å²) in [6, 6.07) is 14.6. The van der Waals surface area contributed by atoms with Crippen LogP contribution in [0.1, 0.15) is 34.4 Å². The lowest BCUT2D eigenvalue weighted by molar-refractivity contribution is -0.114. The summed E-state index contributed by atoms with van der Waals surface area (Å²) in [5.74, 6) is 0.549. The zero-order valence-electron chi connectivity index (χ0n) is 16.8. The molecule has 0 unspecified atom stereocenters. The molecule has 3 N–H and O–H groups in total. The van der Waals surface area contributed by atoms with Crippen molar-refractivity contribution in [3.05, 3.63) is 71.2 Å². The molecular formula is C22H23N5O2. The number of aryl methyl sites for hydroxylation is 3. The van der Waals surface area contributed by atoms with E-state index in [0.29, 0.717) is 23.0 Å². The van der Waals surface area contributed by atoms with Gasteiger partial charge in [-0.3, -0.25) is 9.59 Å². The number of hydrogen-bond donors (Lipinski definition) is 3. The molecule has 0 radical (unpaired) electrons. The molecule has 148 valence electrons. The molecule has 0 fully saturated rings. The molecule has 1 aromatic heterocycles. The molecule has 0 atom stereocenters. The number of nitrogens with one attached hydrogen (secondary N) is 3. The third kappa shape index (κ3) is 5.62. The standard InChI is InChI=1S/C22H23N5O2/c1-13-9-14(2)11-19(10-13)26-21-12-20(23-15(3)24-21)22(29)27-18-7-5-17(6-8-18)25-16(4)28/h5-12H,1-4H3,(H,25,28)(H,27,29)(H,23,24,26). The Morgan fingerprint density at radius 1 is 0.759 bits per heavy atom. The zero-order valence-corrected chi connectivity index (χ0v) is 16.8. The highest BCUT2D eigenvalue weighted by molar-refractivity contribution is 6.03. The Morgan fingerprint density at radius 2 is 1.34 bits per heavy atom. The first-order valence-electron chi connectivity index (χ1n) is 9.18. The second-order valence-corrected chi connectivity index (χ2v) is 6.90. The van der Waals surface area contributed by atoms with Crippen molar-refractivity contribution in [3.63, 3.8) is 0 Å². The van der Waals surface area contributed by atoms with Gasteiger partial charge < -0.3 is 16.0 Å². The number of hydrogen-bond acceptors (Lipinski definition) is 5. The Morgan fingerprint density at radius 3 is 1.93 bits per heavy atom. The topological polar surface area (TPSA) is 96.0 Å². The van der Waals surface area contributed by atoms with Crippen LogP contribution in [0, 0.1) is 20.8 Å². The van der Waals surface area contributed by atoms with Gasteiger partial charge in [-0.05, 0) is 68.3 Å². The van der Waals surface area contributed by atoms with Crippen LogP contribution in [0.15, 0.2) is 48.5 Å². The monoisotopic (exact) mass is 389 g/mol. The fourth-order valence-corrected chi connectivity index (χ4v) is 2.98. The minimum absolute atomic E-state index is 0.151. The number of carbonyl (C=O) groups excluding carboxylic acids is 2. The minimum atomic E-state index is -0.341. The number of benzene rings is 2. The summed E-state index contributed by atoms with van der Waals surface area (Å²) in [5, 5.41) is 8.73. The van der Waals surface area contributed by atoms with E-state index in [2.05, 4.69) is 32.0 Å². The summed E-state index contributed by atoms with van der Waals surface area (Å²) < 4.78 is 0. The van der Waals surface area contributed by atoms with Crippen LogP contribution in [-0.2, 0) is 4.79 Å². The summed E-state index contributed by atoms with van der Waals surface area (Å²) in [5.41, 5.74) is 4.70. The van der Waals surface area contributed by atoms with Crippen molar-refractivity contribution in [1.29, 1.82) is 0 Å². The molecule has 0 aliphatic carbocycles. The van der Waals surface area contributed by atoms with Crippen LogP contribution in [0.2, 0.25) is 0 Å². The van der Waals surface area contributed by atoms with E-state index in [1.54, 1.807) is 37.3 Å². The van der Waals surface area contributed by atoms with E-state index >= 15 is 0 Å². The van der Waals surface area contributed by atoms with Gasteiger partial charge in [-0.1, -0.05) is 6.07 Å². The second kappa shape index (κ2) is 8.52. The van der Waals surface area contributed by atoms with Crippen molar-refractivity contribution in [3.8, 4) is 0 Å². The van der Waals surface area contributed by atoms with Crippen LogP contribution < -0.4 is 16.0 Å². The van der Waals surface area contributed by atoms with E-state index in [0.717, 1.165) is 16.8 Å². The summed E-state index contributed by atoms with van der Waals surface area (Å²) in [7, 11) is 0. The van der Waals surface area contributed by atoms with Gasteiger partial charge in [-0.25, -0.2) is 9.97 Å². The number of carbonyl (C=O) groups is 2. The fraction of sp³-hybridized carbons (Fsp3) is 0.182. The SMILES string of the molecule is CC(=O)Nc1ccc(NC(=O)c2cc(Nc3cc(C)cc(C)c3)nc(C)n2)cc1. The van der Waals surface area contributed by atoms with Gasteiger partial charge in [-0.15, -0.1) is 0 Å². The van der Waals surface area contributed by atoms with Gasteiger partial charge >= 0.3 is 0 Å². The molecule has 0 saturated heterocycles. The maximum absolute atomic E-state index is 12.6. The molecule has 0 aliphatic heterocycles. The highest BCUT2D eigenvalue weighted by Gasteiger charge is 2.12. The average molecular weight is 389 g/mol.